The summed E-state index contributed by atoms with van der Waals surface area (Å²) in [7, 11) is 1.31. The van der Waals surface area contributed by atoms with Crippen molar-refractivity contribution in [2.24, 2.45) is 0 Å². The number of hydrogen-bond acceptors (Lipinski definition) is 7. The molecule has 1 N–H and O–H groups in total. The normalized spacial score (nSPS) is 10.5. The van der Waals surface area contributed by atoms with Gasteiger partial charge in [-0.15, -0.1) is 0 Å². The van der Waals surface area contributed by atoms with Gasteiger partial charge in [-0.05, 0) is 49.7 Å². The molecule has 2 aromatic carbocycles. The second kappa shape index (κ2) is 9.13. The van der Waals surface area contributed by atoms with Crippen LogP contribution in [0.25, 0.3) is 11.0 Å². The van der Waals surface area contributed by atoms with E-state index in [9.17, 15) is 14.4 Å². The lowest BCUT2D eigenvalue weighted by Gasteiger charge is -2.08. The molecule has 0 aliphatic rings. The van der Waals surface area contributed by atoms with Crippen LogP contribution >= 0.6 is 0 Å². The molecular formula is C22H21N3O5. The Morgan fingerprint density at radius 1 is 0.867 bits per heavy atom. The summed E-state index contributed by atoms with van der Waals surface area (Å²) in [6, 6.07) is 11.5. The summed E-state index contributed by atoms with van der Waals surface area (Å²) in [6.07, 6.45) is 0. The number of fused-ring (bicyclic) bond motifs is 1. The van der Waals surface area contributed by atoms with E-state index in [0.717, 1.165) is 17.0 Å². The Balaban J connectivity index is 1.53. The third kappa shape index (κ3) is 4.96. The zero-order valence-corrected chi connectivity index (χ0v) is 16.9. The van der Waals surface area contributed by atoms with Crippen LogP contribution in [0.4, 0.5) is 0 Å². The van der Waals surface area contributed by atoms with E-state index in [-0.39, 0.29) is 6.54 Å². The van der Waals surface area contributed by atoms with Gasteiger partial charge in [0.2, 0.25) is 0 Å². The average molecular weight is 407 g/mol. The van der Waals surface area contributed by atoms with E-state index in [1.807, 2.05) is 13.8 Å². The quantitative estimate of drug-likeness (QED) is 0.626. The first-order valence-electron chi connectivity index (χ1n) is 9.23. The van der Waals surface area contributed by atoms with Gasteiger partial charge in [-0.1, -0.05) is 12.1 Å². The molecule has 8 heteroatoms. The van der Waals surface area contributed by atoms with Crippen LogP contribution in [0.3, 0.4) is 0 Å². The maximum Gasteiger partial charge on any atom is 0.338 e. The van der Waals surface area contributed by atoms with Gasteiger partial charge in [-0.2, -0.15) is 0 Å². The molecule has 154 valence electrons. The number of nitrogens with one attached hydrogen (secondary N) is 1. The van der Waals surface area contributed by atoms with Crippen LogP contribution in [0.2, 0.25) is 0 Å². The molecule has 0 fully saturated rings. The van der Waals surface area contributed by atoms with Crippen LogP contribution in [0.1, 0.15) is 37.7 Å². The van der Waals surface area contributed by atoms with Gasteiger partial charge in [0.1, 0.15) is 0 Å². The Morgan fingerprint density at radius 3 is 2.17 bits per heavy atom. The van der Waals surface area contributed by atoms with Crippen LogP contribution < -0.4 is 5.32 Å². The zero-order valence-electron chi connectivity index (χ0n) is 16.9. The van der Waals surface area contributed by atoms with Crippen molar-refractivity contribution >= 4 is 28.9 Å². The van der Waals surface area contributed by atoms with E-state index in [0.29, 0.717) is 22.2 Å². The predicted octanol–water partition coefficient (Wildman–Crippen LogP) is 2.51. The Hall–Kier alpha value is -3.81. The number of ether oxygens (including phenoxy) is 2. The minimum absolute atomic E-state index is 0.238. The van der Waals surface area contributed by atoms with Crippen LogP contribution in [-0.2, 0) is 20.8 Å². The van der Waals surface area contributed by atoms with Crippen molar-refractivity contribution < 1.29 is 23.9 Å². The second-order valence-corrected chi connectivity index (χ2v) is 6.64. The number of rotatable bonds is 6. The number of carbonyl (C=O) groups excluding carboxylic acids is 3. The van der Waals surface area contributed by atoms with Gasteiger partial charge >= 0.3 is 11.9 Å². The number of nitrogens with zero attached hydrogens (tertiary/aromatic N) is 2. The van der Waals surface area contributed by atoms with Crippen LogP contribution in [0.15, 0.2) is 42.5 Å². The molecule has 1 aromatic heterocycles. The SMILES string of the molecule is COC(=O)c1ccc(CNC(=O)COC(=O)c2ccc3nc(C)c(C)nc3c2)cc1. The van der Waals surface area contributed by atoms with Crippen LogP contribution in [0.5, 0.6) is 0 Å². The lowest BCUT2D eigenvalue weighted by Crippen LogP contribution is -2.28. The van der Waals surface area contributed by atoms with Gasteiger partial charge in [0.15, 0.2) is 6.61 Å². The van der Waals surface area contributed by atoms with Crippen molar-refractivity contribution in [2.45, 2.75) is 20.4 Å². The second-order valence-electron chi connectivity index (χ2n) is 6.64. The fourth-order valence-electron chi connectivity index (χ4n) is 2.70. The molecule has 3 aromatic rings. The van der Waals surface area contributed by atoms with E-state index in [1.165, 1.54) is 7.11 Å². The fourth-order valence-corrected chi connectivity index (χ4v) is 2.70. The molecule has 0 unspecified atom stereocenters. The molecule has 8 nitrogen and oxygen atoms in total. The summed E-state index contributed by atoms with van der Waals surface area (Å²) >= 11 is 0. The van der Waals surface area contributed by atoms with Crippen molar-refractivity contribution in [3.63, 3.8) is 0 Å². The summed E-state index contributed by atoms with van der Waals surface area (Å²) in [5, 5.41) is 2.66. The Kier molecular flexibility index (Phi) is 6.36. The highest BCUT2D eigenvalue weighted by Crippen LogP contribution is 2.15. The van der Waals surface area contributed by atoms with E-state index < -0.39 is 24.5 Å². The largest absolute Gasteiger partial charge is 0.465 e. The molecule has 0 bridgehead atoms. The van der Waals surface area contributed by atoms with Gasteiger partial charge in [-0.25, -0.2) is 19.6 Å². The molecular weight excluding hydrogens is 386 g/mol. The third-order valence-corrected chi connectivity index (χ3v) is 4.51. The standard InChI is InChI=1S/C22H21N3O5/c1-13-14(2)25-19-10-17(8-9-18(19)24-13)22(28)30-12-20(26)23-11-15-4-6-16(7-5-15)21(27)29-3/h4-10H,11-12H2,1-3H3,(H,23,26). The first-order valence-corrected chi connectivity index (χ1v) is 9.23. The van der Waals surface area contributed by atoms with Crippen molar-refractivity contribution in [2.75, 3.05) is 13.7 Å². The number of amides is 1. The molecule has 0 spiro atoms. The first kappa shape index (κ1) is 20.9. The van der Waals surface area contributed by atoms with E-state index in [1.54, 1.807) is 42.5 Å². The lowest BCUT2D eigenvalue weighted by atomic mass is 10.1. The highest BCUT2D eigenvalue weighted by Gasteiger charge is 2.12. The number of methoxy groups -OCH3 is 1. The Labute approximate surface area is 173 Å². The summed E-state index contributed by atoms with van der Waals surface area (Å²) < 4.78 is 9.72. The van der Waals surface area contributed by atoms with Gasteiger partial charge in [-0.3, -0.25) is 4.79 Å². The van der Waals surface area contributed by atoms with Crippen LogP contribution in [-0.4, -0.2) is 41.5 Å². The molecule has 30 heavy (non-hydrogen) atoms. The van der Waals surface area contributed by atoms with E-state index >= 15 is 0 Å². The third-order valence-electron chi connectivity index (χ3n) is 4.51. The van der Waals surface area contributed by atoms with Gasteiger partial charge < -0.3 is 14.8 Å². The topological polar surface area (TPSA) is 107 Å². The molecule has 3 rings (SSSR count). The molecule has 0 saturated carbocycles. The Bertz CT molecular complexity index is 1110. The highest BCUT2D eigenvalue weighted by molar-refractivity contribution is 5.94. The number of aryl methyl sites for hydroxylation is 2. The minimum atomic E-state index is -0.616. The number of hydrogen-bond donors (Lipinski definition) is 1. The molecule has 1 amide bonds. The molecule has 0 atom stereocenters. The summed E-state index contributed by atoms with van der Waals surface area (Å²) in [5.41, 5.74) is 4.40. The van der Waals surface area contributed by atoms with Gasteiger partial charge in [0.25, 0.3) is 5.91 Å². The van der Waals surface area contributed by atoms with Crippen LogP contribution in [0, 0.1) is 13.8 Å². The maximum absolute atomic E-state index is 12.3. The van der Waals surface area contributed by atoms with Crippen molar-refractivity contribution in [1.29, 1.82) is 0 Å². The lowest BCUT2D eigenvalue weighted by molar-refractivity contribution is -0.124. The molecule has 0 saturated heterocycles. The van der Waals surface area contributed by atoms with Gasteiger partial charge in [0.05, 0.1) is 40.7 Å². The highest BCUT2D eigenvalue weighted by atomic mass is 16.5. The molecule has 0 aliphatic heterocycles. The van der Waals surface area contributed by atoms with E-state index in [2.05, 4.69) is 20.0 Å². The van der Waals surface area contributed by atoms with Crippen molar-refractivity contribution in [3.8, 4) is 0 Å². The molecule has 0 aliphatic carbocycles. The van der Waals surface area contributed by atoms with Crippen molar-refractivity contribution in [1.82, 2.24) is 15.3 Å². The predicted molar refractivity (Wildman–Crippen MR) is 109 cm³/mol. The number of carbonyl (C=O) groups is 3. The average Bonchev–Trinajstić information content (AvgIpc) is 2.76. The van der Waals surface area contributed by atoms with E-state index in [4.69, 9.17) is 4.74 Å². The monoisotopic (exact) mass is 407 g/mol. The number of esters is 2. The number of aromatic nitrogens is 2. The van der Waals surface area contributed by atoms with Crippen molar-refractivity contribution in [3.05, 3.63) is 70.5 Å². The molecule has 0 radical (unpaired) electrons. The summed E-state index contributed by atoms with van der Waals surface area (Å²) in [4.78, 5) is 44.5. The zero-order chi connectivity index (χ0) is 21.7. The summed E-state index contributed by atoms with van der Waals surface area (Å²) in [5.74, 6) is -1.48. The smallest absolute Gasteiger partial charge is 0.338 e. The first-order chi connectivity index (χ1) is 14.4. The number of benzene rings is 2. The fraction of sp³-hybridized carbons (Fsp3) is 0.227. The Morgan fingerprint density at radius 2 is 1.50 bits per heavy atom. The molecule has 1 heterocycles. The van der Waals surface area contributed by atoms with Gasteiger partial charge in [0, 0.05) is 6.54 Å². The minimum Gasteiger partial charge on any atom is -0.465 e. The maximum atomic E-state index is 12.3. The summed E-state index contributed by atoms with van der Waals surface area (Å²) in [6.45, 7) is 3.55.